The lowest BCUT2D eigenvalue weighted by molar-refractivity contribution is -0.136. The Morgan fingerprint density at radius 2 is 2.13 bits per heavy atom. The second-order valence-electron chi connectivity index (χ2n) is 7.26. The molecule has 0 aromatic carbocycles. The Hall–Kier alpha value is -1.10. The number of nitrogens with one attached hydrogen (secondary N) is 2. The van der Waals surface area contributed by atoms with E-state index in [0.717, 1.165) is 45.4 Å². The molecule has 2 aliphatic heterocycles. The van der Waals surface area contributed by atoms with Crippen molar-refractivity contribution in [3.05, 3.63) is 0 Å². The van der Waals surface area contributed by atoms with Crippen LogP contribution in [-0.2, 0) is 9.59 Å². The molecule has 2 saturated heterocycles. The lowest BCUT2D eigenvalue weighted by atomic mass is 9.85. The maximum Gasteiger partial charge on any atom is 0.224 e. The normalized spacial score (nSPS) is 26.6. The zero-order valence-corrected chi connectivity index (χ0v) is 14.8. The molecule has 3 atom stereocenters. The fourth-order valence-electron chi connectivity index (χ4n) is 3.75. The van der Waals surface area contributed by atoms with Crippen LogP contribution in [0.2, 0.25) is 0 Å². The van der Waals surface area contributed by atoms with Crippen LogP contribution in [0.5, 0.6) is 0 Å². The van der Waals surface area contributed by atoms with Crippen LogP contribution in [0, 0.1) is 17.8 Å². The summed E-state index contributed by atoms with van der Waals surface area (Å²) in [6, 6.07) is 0. The maximum atomic E-state index is 12.6. The summed E-state index contributed by atoms with van der Waals surface area (Å²) in [4.78, 5) is 26.7. The number of hydrogen-bond donors (Lipinski definition) is 2. The van der Waals surface area contributed by atoms with Crippen molar-refractivity contribution in [1.82, 2.24) is 15.5 Å². The van der Waals surface area contributed by atoms with E-state index in [-0.39, 0.29) is 17.7 Å². The van der Waals surface area contributed by atoms with Crippen molar-refractivity contribution in [3.63, 3.8) is 0 Å². The van der Waals surface area contributed by atoms with Crippen LogP contribution in [0.25, 0.3) is 0 Å². The first kappa shape index (κ1) is 18.2. The third-order valence-corrected chi connectivity index (χ3v) is 5.33. The Balaban J connectivity index is 1.80. The zero-order valence-electron chi connectivity index (χ0n) is 14.8. The molecule has 23 heavy (non-hydrogen) atoms. The molecule has 2 rings (SSSR count). The number of nitrogens with zero attached hydrogens (tertiary/aromatic N) is 1. The molecule has 3 unspecified atom stereocenters. The van der Waals surface area contributed by atoms with Crippen LogP contribution in [0.15, 0.2) is 0 Å². The van der Waals surface area contributed by atoms with Gasteiger partial charge in [-0.05, 0) is 57.0 Å². The van der Waals surface area contributed by atoms with Gasteiger partial charge in [-0.15, -0.1) is 0 Å². The van der Waals surface area contributed by atoms with Crippen LogP contribution in [0.4, 0.5) is 0 Å². The van der Waals surface area contributed by atoms with E-state index in [1.807, 2.05) is 4.90 Å². The summed E-state index contributed by atoms with van der Waals surface area (Å²) in [5.74, 6) is 1.36. The van der Waals surface area contributed by atoms with Gasteiger partial charge in [0.1, 0.15) is 0 Å². The van der Waals surface area contributed by atoms with Gasteiger partial charge >= 0.3 is 0 Å². The number of likely N-dealkylation sites (tertiary alicyclic amines) is 1. The number of carbonyl (C=O) groups excluding carboxylic acids is 2. The second-order valence-corrected chi connectivity index (χ2v) is 7.26. The standard InChI is InChI=1S/C18H33N3O2/c1-3-8-20-18(23)16-7-5-10-21(13-16)17(22)11-14(2)15-6-4-9-19-12-15/h14-16,19H,3-13H2,1-2H3,(H,20,23). The predicted molar refractivity (Wildman–Crippen MR) is 92.0 cm³/mol. The van der Waals surface area contributed by atoms with Gasteiger partial charge in [0.25, 0.3) is 0 Å². The quantitative estimate of drug-likeness (QED) is 0.783. The van der Waals surface area contributed by atoms with E-state index in [2.05, 4.69) is 24.5 Å². The monoisotopic (exact) mass is 323 g/mol. The van der Waals surface area contributed by atoms with Crippen LogP contribution in [-0.4, -0.2) is 49.4 Å². The van der Waals surface area contributed by atoms with Crippen molar-refractivity contribution in [2.75, 3.05) is 32.7 Å². The van der Waals surface area contributed by atoms with E-state index in [9.17, 15) is 9.59 Å². The maximum absolute atomic E-state index is 12.6. The molecule has 2 heterocycles. The first-order valence-electron chi connectivity index (χ1n) is 9.38. The molecule has 2 N–H and O–H groups in total. The fraction of sp³-hybridized carbons (Fsp3) is 0.889. The molecule has 5 nitrogen and oxygen atoms in total. The minimum absolute atomic E-state index is 0.0223. The lowest BCUT2D eigenvalue weighted by Crippen LogP contribution is -2.46. The van der Waals surface area contributed by atoms with Crippen molar-refractivity contribution < 1.29 is 9.59 Å². The molecule has 2 fully saturated rings. The Morgan fingerprint density at radius 3 is 2.83 bits per heavy atom. The third-order valence-electron chi connectivity index (χ3n) is 5.33. The molecule has 0 spiro atoms. The number of rotatable bonds is 6. The van der Waals surface area contributed by atoms with Crippen molar-refractivity contribution in [2.45, 2.75) is 52.4 Å². The summed E-state index contributed by atoms with van der Waals surface area (Å²) in [6.45, 7) is 8.54. The molecule has 2 amide bonds. The number of hydrogen-bond acceptors (Lipinski definition) is 3. The topological polar surface area (TPSA) is 61.4 Å². The molecule has 2 aliphatic rings. The molecule has 0 aliphatic carbocycles. The van der Waals surface area contributed by atoms with E-state index < -0.39 is 0 Å². The van der Waals surface area contributed by atoms with E-state index >= 15 is 0 Å². The first-order valence-corrected chi connectivity index (χ1v) is 9.38. The van der Waals surface area contributed by atoms with E-state index in [1.54, 1.807) is 0 Å². The Labute approximate surface area is 140 Å². The highest BCUT2D eigenvalue weighted by atomic mass is 16.2. The van der Waals surface area contributed by atoms with Gasteiger partial charge in [-0.3, -0.25) is 9.59 Å². The van der Waals surface area contributed by atoms with Gasteiger partial charge in [-0.25, -0.2) is 0 Å². The Kier molecular flexibility index (Phi) is 7.34. The van der Waals surface area contributed by atoms with Crippen molar-refractivity contribution in [3.8, 4) is 0 Å². The highest BCUT2D eigenvalue weighted by Crippen LogP contribution is 2.25. The molecule has 132 valence electrons. The molecule has 0 aromatic heterocycles. The van der Waals surface area contributed by atoms with E-state index in [4.69, 9.17) is 0 Å². The number of amides is 2. The van der Waals surface area contributed by atoms with Crippen LogP contribution in [0.1, 0.15) is 52.4 Å². The van der Waals surface area contributed by atoms with Gasteiger partial charge in [0.2, 0.25) is 11.8 Å². The molecule has 5 heteroatoms. The minimum atomic E-state index is -0.0223. The fourth-order valence-corrected chi connectivity index (χ4v) is 3.75. The molecule has 0 radical (unpaired) electrons. The largest absolute Gasteiger partial charge is 0.356 e. The first-order chi connectivity index (χ1) is 11.1. The van der Waals surface area contributed by atoms with Gasteiger partial charge in [0.15, 0.2) is 0 Å². The molecule has 0 saturated carbocycles. The Morgan fingerprint density at radius 1 is 1.30 bits per heavy atom. The molecule has 0 aromatic rings. The SMILES string of the molecule is CCCNC(=O)C1CCCN(C(=O)CC(C)C2CCCNC2)C1. The van der Waals surface area contributed by atoms with Gasteiger partial charge in [-0.1, -0.05) is 13.8 Å². The summed E-state index contributed by atoms with van der Waals surface area (Å²) in [7, 11) is 0. The smallest absolute Gasteiger partial charge is 0.224 e. The molecular formula is C18H33N3O2. The lowest BCUT2D eigenvalue weighted by Gasteiger charge is -2.34. The van der Waals surface area contributed by atoms with Crippen LogP contribution >= 0.6 is 0 Å². The average Bonchev–Trinajstić information content (AvgIpc) is 2.60. The minimum Gasteiger partial charge on any atom is -0.356 e. The summed E-state index contributed by atoms with van der Waals surface area (Å²) in [5, 5.41) is 6.40. The van der Waals surface area contributed by atoms with E-state index in [0.29, 0.717) is 24.8 Å². The number of carbonyl (C=O) groups is 2. The van der Waals surface area contributed by atoms with Crippen molar-refractivity contribution in [2.24, 2.45) is 17.8 Å². The van der Waals surface area contributed by atoms with Crippen molar-refractivity contribution in [1.29, 1.82) is 0 Å². The zero-order chi connectivity index (χ0) is 16.7. The highest BCUT2D eigenvalue weighted by molar-refractivity contribution is 5.81. The molecule has 0 bridgehead atoms. The van der Waals surface area contributed by atoms with Gasteiger partial charge in [0, 0.05) is 26.1 Å². The predicted octanol–water partition coefficient (Wildman–Crippen LogP) is 1.78. The summed E-state index contributed by atoms with van der Waals surface area (Å²) in [6.07, 6.45) is 5.86. The van der Waals surface area contributed by atoms with Gasteiger partial charge in [-0.2, -0.15) is 0 Å². The van der Waals surface area contributed by atoms with Crippen LogP contribution in [0.3, 0.4) is 0 Å². The number of piperidine rings is 2. The summed E-state index contributed by atoms with van der Waals surface area (Å²) in [5.41, 5.74) is 0. The summed E-state index contributed by atoms with van der Waals surface area (Å²) < 4.78 is 0. The van der Waals surface area contributed by atoms with Gasteiger partial charge < -0.3 is 15.5 Å². The Bertz CT molecular complexity index is 394. The van der Waals surface area contributed by atoms with Crippen LogP contribution < -0.4 is 10.6 Å². The van der Waals surface area contributed by atoms with Gasteiger partial charge in [0.05, 0.1) is 5.92 Å². The molecular weight excluding hydrogens is 290 g/mol. The van der Waals surface area contributed by atoms with Crippen molar-refractivity contribution >= 4 is 11.8 Å². The third kappa shape index (κ3) is 5.48. The average molecular weight is 323 g/mol. The second kappa shape index (κ2) is 9.26. The summed E-state index contributed by atoms with van der Waals surface area (Å²) >= 11 is 0. The van der Waals surface area contributed by atoms with E-state index in [1.165, 1.54) is 12.8 Å². The highest BCUT2D eigenvalue weighted by Gasteiger charge is 2.30.